The van der Waals surface area contributed by atoms with Crippen molar-refractivity contribution in [1.29, 1.82) is 0 Å². The zero-order chi connectivity index (χ0) is 19.4. The van der Waals surface area contributed by atoms with Gasteiger partial charge in [0.25, 0.3) is 0 Å². The smallest absolute Gasteiger partial charge is 0.341 e. The van der Waals surface area contributed by atoms with Gasteiger partial charge in [0.15, 0.2) is 0 Å². The summed E-state index contributed by atoms with van der Waals surface area (Å²) < 4.78 is 10.4. The molecule has 0 spiro atoms. The van der Waals surface area contributed by atoms with Crippen molar-refractivity contribution in [2.24, 2.45) is 0 Å². The van der Waals surface area contributed by atoms with E-state index < -0.39 is 0 Å². The van der Waals surface area contributed by atoms with Gasteiger partial charge in [-0.3, -0.25) is 0 Å². The van der Waals surface area contributed by atoms with Crippen LogP contribution in [0.1, 0.15) is 47.9 Å². The highest BCUT2D eigenvalue weighted by atomic mass is 16.5. The molecule has 1 aromatic heterocycles. The number of benzene rings is 1. The Balaban J connectivity index is 1.47. The first-order chi connectivity index (χ1) is 13.7. The van der Waals surface area contributed by atoms with Crippen LogP contribution in [0.4, 0.5) is 5.69 Å². The molecule has 0 bridgehead atoms. The summed E-state index contributed by atoms with van der Waals surface area (Å²) in [5, 5.41) is 0. The van der Waals surface area contributed by atoms with Crippen LogP contribution >= 0.6 is 0 Å². The van der Waals surface area contributed by atoms with Gasteiger partial charge < -0.3 is 14.4 Å². The van der Waals surface area contributed by atoms with E-state index in [9.17, 15) is 4.79 Å². The molecule has 148 valence electrons. The van der Waals surface area contributed by atoms with Crippen molar-refractivity contribution in [2.45, 2.75) is 38.0 Å². The van der Waals surface area contributed by atoms with E-state index in [0.717, 1.165) is 51.4 Å². The maximum absolute atomic E-state index is 11.8. The van der Waals surface area contributed by atoms with E-state index in [0.29, 0.717) is 12.2 Å². The highest BCUT2D eigenvalue weighted by Gasteiger charge is 2.39. The number of nitrogens with zero attached hydrogens (tertiary/aromatic N) is 3. The van der Waals surface area contributed by atoms with Gasteiger partial charge in [-0.25, -0.2) is 14.8 Å². The highest BCUT2D eigenvalue weighted by molar-refractivity contribution is 5.88. The molecule has 0 unspecified atom stereocenters. The Kier molecular flexibility index (Phi) is 5.57. The lowest BCUT2D eigenvalue weighted by Crippen LogP contribution is -2.38. The number of aromatic nitrogens is 2. The molecular formula is C22H27N3O3. The molecule has 0 N–H and O–H groups in total. The molecule has 6 nitrogen and oxygen atoms in total. The predicted octanol–water partition coefficient (Wildman–Crippen LogP) is 3.15. The topological polar surface area (TPSA) is 64.5 Å². The molecule has 28 heavy (non-hydrogen) atoms. The fourth-order valence-electron chi connectivity index (χ4n) is 4.09. The molecule has 1 aliphatic heterocycles. The van der Waals surface area contributed by atoms with E-state index in [1.54, 1.807) is 19.3 Å². The number of carbonyl (C=O) groups is 1. The molecule has 2 aromatic rings. The summed E-state index contributed by atoms with van der Waals surface area (Å²) in [6.45, 7) is 5.63. The van der Waals surface area contributed by atoms with E-state index in [-0.39, 0.29) is 11.4 Å². The molecule has 0 atom stereocenters. The van der Waals surface area contributed by atoms with Gasteiger partial charge in [-0.05, 0) is 37.5 Å². The maximum atomic E-state index is 11.8. The fraction of sp³-hybridized carbons (Fsp3) is 0.500. The molecule has 4 rings (SSSR count). The highest BCUT2D eigenvalue weighted by Crippen LogP contribution is 2.46. The van der Waals surface area contributed by atoms with Gasteiger partial charge in [0.1, 0.15) is 5.82 Å². The van der Waals surface area contributed by atoms with Crippen molar-refractivity contribution in [2.75, 3.05) is 37.8 Å². The average molecular weight is 381 g/mol. The standard InChI is InChI=1S/C22H27N3O3/c1-2-28-21(26)17-15-23-20(24-16-17)14-22(8-3-9-22)18-4-6-19(7-5-18)25-10-12-27-13-11-25/h4-7,15-16H,2-3,8-14H2,1H3. The first-order valence-corrected chi connectivity index (χ1v) is 10.1. The number of anilines is 1. The van der Waals surface area contributed by atoms with E-state index in [1.807, 2.05) is 0 Å². The summed E-state index contributed by atoms with van der Waals surface area (Å²) in [6.07, 6.45) is 7.47. The predicted molar refractivity (Wildman–Crippen MR) is 107 cm³/mol. The summed E-state index contributed by atoms with van der Waals surface area (Å²) >= 11 is 0. The lowest BCUT2D eigenvalue weighted by Gasteiger charge is -2.42. The molecule has 0 amide bonds. The Hall–Kier alpha value is -2.47. The summed E-state index contributed by atoms with van der Waals surface area (Å²) in [5.74, 6) is 0.413. The van der Waals surface area contributed by atoms with Crippen molar-refractivity contribution in [3.8, 4) is 0 Å². The van der Waals surface area contributed by atoms with E-state index >= 15 is 0 Å². The van der Waals surface area contributed by atoms with Crippen LogP contribution in [0.3, 0.4) is 0 Å². The van der Waals surface area contributed by atoms with Crippen LogP contribution in [0.5, 0.6) is 0 Å². The average Bonchev–Trinajstić information content (AvgIpc) is 2.72. The number of rotatable bonds is 6. The molecule has 2 aliphatic rings. The van der Waals surface area contributed by atoms with Crippen LogP contribution in [-0.2, 0) is 21.3 Å². The summed E-state index contributed by atoms with van der Waals surface area (Å²) in [7, 11) is 0. The molecule has 6 heteroatoms. The third kappa shape index (κ3) is 3.87. The molecular weight excluding hydrogens is 354 g/mol. The molecule has 1 saturated carbocycles. The Bertz CT molecular complexity index is 795. The Labute approximate surface area is 165 Å². The SMILES string of the molecule is CCOC(=O)c1cnc(CC2(c3ccc(N4CCOCC4)cc3)CCC2)nc1. The number of hydrogen-bond donors (Lipinski definition) is 0. The van der Waals surface area contributed by atoms with Gasteiger partial charge in [-0.2, -0.15) is 0 Å². The second-order valence-corrected chi connectivity index (χ2v) is 7.57. The molecule has 1 aliphatic carbocycles. The van der Waals surface area contributed by atoms with Gasteiger partial charge >= 0.3 is 5.97 Å². The minimum Gasteiger partial charge on any atom is -0.462 e. The summed E-state index contributed by atoms with van der Waals surface area (Å²) in [5.41, 5.74) is 3.13. The molecule has 0 radical (unpaired) electrons. The van der Waals surface area contributed by atoms with Gasteiger partial charge in [-0.15, -0.1) is 0 Å². The second kappa shape index (κ2) is 8.27. The third-order valence-corrected chi connectivity index (χ3v) is 5.88. The number of ether oxygens (including phenoxy) is 2. The lowest BCUT2D eigenvalue weighted by atomic mass is 9.62. The van der Waals surface area contributed by atoms with Gasteiger partial charge in [-0.1, -0.05) is 18.6 Å². The minimum atomic E-state index is -0.369. The van der Waals surface area contributed by atoms with Crippen molar-refractivity contribution >= 4 is 11.7 Å². The zero-order valence-electron chi connectivity index (χ0n) is 16.4. The number of morpholine rings is 1. The van der Waals surface area contributed by atoms with Crippen molar-refractivity contribution in [3.63, 3.8) is 0 Å². The number of carbonyl (C=O) groups excluding carboxylic acids is 1. The van der Waals surface area contributed by atoms with Gasteiger partial charge in [0.05, 0.1) is 25.4 Å². The summed E-state index contributed by atoms with van der Waals surface area (Å²) in [4.78, 5) is 23.0. The van der Waals surface area contributed by atoms with Crippen LogP contribution in [-0.4, -0.2) is 48.8 Å². The lowest BCUT2D eigenvalue weighted by molar-refractivity contribution is 0.0525. The van der Waals surface area contributed by atoms with Crippen molar-refractivity contribution in [3.05, 3.63) is 53.6 Å². The van der Waals surface area contributed by atoms with E-state index in [4.69, 9.17) is 9.47 Å². The van der Waals surface area contributed by atoms with Gasteiger partial charge in [0.2, 0.25) is 0 Å². The Morgan fingerprint density at radius 2 is 1.82 bits per heavy atom. The second-order valence-electron chi connectivity index (χ2n) is 7.57. The Morgan fingerprint density at radius 1 is 1.14 bits per heavy atom. The molecule has 2 heterocycles. The van der Waals surface area contributed by atoms with Crippen LogP contribution in [0.15, 0.2) is 36.7 Å². The van der Waals surface area contributed by atoms with E-state index in [1.165, 1.54) is 17.7 Å². The van der Waals surface area contributed by atoms with Crippen LogP contribution < -0.4 is 4.90 Å². The third-order valence-electron chi connectivity index (χ3n) is 5.88. The molecule has 2 fully saturated rings. The Morgan fingerprint density at radius 3 is 2.39 bits per heavy atom. The maximum Gasteiger partial charge on any atom is 0.341 e. The summed E-state index contributed by atoms with van der Waals surface area (Å²) in [6, 6.07) is 8.98. The minimum absolute atomic E-state index is 0.106. The largest absolute Gasteiger partial charge is 0.462 e. The fourth-order valence-corrected chi connectivity index (χ4v) is 4.09. The molecule has 1 saturated heterocycles. The van der Waals surface area contributed by atoms with Crippen LogP contribution in [0.25, 0.3) is 0 Å². The first kappa shape index (κ1) is 18.9. The normalized spacial score (nSPS) is 18.4. The number of hydrogen-bond acceptors (Lipinski definition) is 6. The first-order valence-electron chi connectivity index (χ1n) is 10.1. The van der Waals surface area contributed by atoms with E-state index in [2.05, 4.69) is 39.1 Å². The van der Waals surface area contributed by atoms with Gasteiger partial charge in [0, 0.05) is 43.0 Å². The zero-order valence-corrected chi connectivity index (χ0v) is 16.4. The van der Waals surface area contributed by atoms with Crippen molar-refractivity contribution < 1.29 is 14.3 Å². The quantitative estimate of drug-likeness (QED) is 0.716. The van der Waals surface area contributed by atoms with Crippen LogP contribution in [0.2, 0.25) is 0 Å². The van der Waals surface area contributed by atoms with Crippen molar-refractivity contribution in [1.82, 2.24) is 9.97 Å². The van der Waals surface area contributed by atoms with Crippen LogP contribution in [0, 0.1) is 0 Å². The monoisotopic (exact) mass is 381 g/mol. The number of esters is 1. The molecule has 1 aromatic carbocycles.